The summed E-state index contributed by atoms with van der Waals surface area (Å²) in [5.41, 5.74) is 3.25. The maximum Gasteiger partial charge on any atom is 0.241 e. The molecule has 0 radical (unpaired) electrons. The highest BCUT2D eigenvalue weighted by Crippen LogP contribution is 2.39. The molecule has 126 valence electrons. The minimum absolute atomic E-state index is 0.265. The van der Waals surface area contributed by atoms with Gasteiger partial charge in [-0.05, 0) is 24.7 Å². The van der Waals surface area contributed by atoms with Crippen LogP contribution in [-0.2, 0) is 0 Å². The summed E-state index contributed by atoms with van der Waals surface area (Å²) in [5, 5.41) is 17.0. The molecule has 8 heteroatoms. The molecular weight excluding hydrogens is 338 g/mol. The van der Waals surface area contributed by atoms with Crippen molar-refractivity contribution in [3.05, 3.63) is 47.4 Å². The number of benzene rings is 1. The molecule has 1 aliphatic rings. The maximum atomic E-state index is 12.6. The van der Waals surface area contributed by atoms with Gasteiger partial charge in [-0.3, -0.25) is 4.40 Å². The molecule has 25 heavy (non-hydrogen) atoms. The molecule has 0 N–H and O–H groups in total. The molecule has 0 amide bonds. The van der Waals surface area contributed by atoms with Gasteiger partial charge in [0.1, 0.15) is 23.1 Å². The van der Waals surface area contributed by atoms with Crippen LogP contribution in [0.25, 0.3) is 28.1 Å². The van der Waals surface area contributed by atoms with E-state index in [1.165, 1.54) is 6.42 Å². The Labute approximate surface area is 147 Å². The number of nitrogens with zero attached hydrogens (tertiary/aromatic N) is 5. The van der Waals surface area contributed by atoms with Crippen LogP contribution in [0.5, 0.6) is 0 Å². The fraction of sp³-hybridized carbons (Fsp3) is 0.294. The summed E-state index contributed by atoms with van der Waals surface area (Å²) in [7, 11) is 0. The molecule has 1 fully saturated rings. The zero-order chi connectivity index (χ0) is 17.0. The van der Waals surface area contributed by atoms with Gasteiger partial charge in [0.05, 0.1) is 5.25 Å². The van der Waals surface area contributed by atoms with E-state index in [9.17, 15) is 5.21 Å². The standard InChI is InChI=1S/C17H15N5O2S/c1-10-15-14(16-19-17(24-20-16)13-7-4-8-25-13)18-9-21(15)11-5-2-3-6-12(11)22(10)23/h2-3,5-6,9,13H,4,7-8H2,1H3. The van der Waals surface area contributed by atoms with Crippen molar-refractivity contribution in [2.24, 2.45) is 0 Å². The van der Waals surface area contributed by atoms with E-state index in [0.717, 1.165) is 22.4 Å². The van der Waals surface area contributed by atoms with Crippen LogP contribution in [0.15, 0.2) is 35.1 Å². The van der Waals surface area contributed by atoms with Gasteiger partial charge in [0.15, 0.2) is 0 Å². The van der Waals surface area contributed by atoms with E-state index in [1.54, 1.807) is 19.3 Å². The van der Waals surface area contributed by atoms with E-state index in [0.29, 0.717) is 34.1 Å². The van der Waals surface area contributed by atoms with Crippen LogP contribution in [0.3, 0.4) is 0 Å². The molecule has 0 aliphatic carbocycles. The molecule has 0 bridgehead atoms. The number of aromatic nitrogens is 5. The highest BCUT2D eigenvalue weighted by molar-refractivity contribution is 7.99. The van der Waals surface area contributed by atoms with Crippen LogP contribution < -0.4 is 4.73 Å². The van der Waals surface area contributed by atoms with Gasteiger partial charge in [0.2, 0.25) is 22.9 Å². The smallest absolute Gasteiger partial charge is 0.241 e. The molecule has 4 aromatic rings. The lowest BCUT2D eigenvalue weighted by Gasteiger charge is -2.08. The topological polar surface area (TPSA) is 83.2 Å². The molecule has 1 atom stereocenters. The van der Waals surface area contributed by atoms with Gasteiger partial charge in [-0.2, -0.15) is 9.71 Å². The zero-order valence-corrected chi connectivity index (χ0v) is 14.4. The van der Waals surface area contributed by atoms with E-state index >= 15 is 0 Å². The molecule has 0 saturated carbocycles. The fourth-order valence-electron chi connectivity index (χ4n) is 3.39. The molecule has 0 spiro atoms. The largest absolute Gasteiger partial charge is 0.618 e. The number of rotatable bonds is 2. The summed E-state index contributed by atoms with van der Waals surface area (Å²) in [6, 6.07) is 7.46. The van der Waals surface area contributed by atoms with Crippen molar-refractivity contribution in [3.8, 4) is 11.5 Å². The summed E-state index contributed by atoms with van der Waals surface area (Å²) in [4.78, 5) is 9.03. The van der Waals surface area contributed by atoms with Crippen molar-refractivity contribution in [2.75, 3.05) is 5.75 Å². The van der Waals surface area contributed by atoms with Gasteiger partial charge < -0.3 is 9.73 Å². The molecule has 1 aliphatic heterocycles. The van der Waals surface area contributed by atoms with Crippen molar-refractivity contribution in [2.45, 2.75) is 25.0 Å². The molecule has 1 aromatic carbocycles. The van der Waals surface area contributed by atoms with Gasteiger partial charge in [0, 0.05) is 13.0 Å². The van der Waals surface area contributed by atoms with Crippen LogP contribution in [-0.4, -0.2) is 25.3 Å². The first-order valence-electron chi connectivity index (χ1n) is 8.17. The van der Waals surface area contributed by atoms with Gasteiger partial charge >= 0.3 is 0 Å². The second-order valence-electron chi connectivity index (χ2n) is 6.14. The molecule has 3 aromatic heterocycles. The number of aryl methyl sites for hydroxylation is 1. The number of imidazole rings is 1. The predicted molar refractivity (Wildman–Crippen MR) is 94.1 cm³/mol. The summed E-state index contributed by atoms with van der Waals surface area (Å²) < 4.78 is 8.31. The molecule has 5 rings (SSSR count). The summed E-state index contributed by atoms with van der Waals surface area (Å²) in [6.07, 6.45) is 3.93. The number of fused-ring (bicyclic) bond motifs is 3. The average molecular weight is 353 g/mol. The fourth-order valence-corrected chi connectivity index (χ4v) is 4.58. The summed E-state index contributed by atoms with van der Waals surface area (Å²) in [6.45, 7) is 1.79. The second-order valence-corrected chi connectivity index (χ2v) is 7.45. The Morgan fingerprint density at radius 3 is 3.08 bits per heavy atom. The third-order valence-electron chi connectivity index (χ3n) is 4.63. The Kier molecular flexibility index (Phi) is 3.21. The van der Waals surface area contributed by atoms with Gasteiger partial charge in [-0.15, -0.1) is 11.8 Å². The Morgan fingerprint density at radius 2 is 2.24 bits per heavy atom. The van der Waals surface area contributed by atoms with Crippen molar-refractivity contribution in [1.29, 1.82) is 0 Å². The van der Waals surface area contributed by atoms with Crippen LogP contribution in [0.2, 0.25) is 0 Å². The van der Waals surface area contributed by atoms with Gasteiger partial charge in [-0.1, -0.05) is 17.3 Å². The monoisotopic (exact) mass is 353 g/mol. The minimum Gasteiger partial charge on any atom is -0.618 e. The lowest BCUT2D eigenvalue weighted by Crippen LogP contribution is -2.32. The first-order valence-corrected chi connectivity index (χ1v) is 9.22. The molecule has 1 saturated heterocycles. The molecule has 7 nitrogen and oxygen atoms in total. The molecule has 1 unspecified atom stereocenters. The van der Waals surface area contributed by atoms with Crippen molar-refractivity contribution in [3.63, 3.8) is 0 Å². The normalized spacial score (nSPS) is 17.7. The average Bonchev–Trinajstić information content (AvgIpc) is 3.38. The summed E-state index contributed by atoms with van der Waals surface area (Å²) >= 11 is 1.84. The lowest BCUT2D eigenvalue weighted by atomic mass is 10.2. The lowest BCUT2D eigenvalue weighted by molar-refractivity contribution is -0.583. The van der Waals surface area contributed by atoms with E-state index in [4.69, 9.17) is 4.52 Å². The second kappa shape index (κ2) is 5.45. The quantitative estimate of drug-likeness (QED) is 0.407. The minimum atomic E-state index is 0.265. The highest BCUT2D eigenvalue weighted by Gasteiger charge is 2.27. The van der Waals surface area contributed by atoms with Gasteiger partial charge in [-0.25, -0.2) is 4.98 Å². The summed E-state index contributed by atoms with van der Waals surface area (Å²) in [5.74, 6) is 2.20. The number of para-hydroxylation sites is 2. The number of thioether (sulfide) groups is 1. The van der Waals surface area contributed by atoms with Crippen molar-refractivity contribution in [1.82, 2.24) is 19.5 Å². The van der Waals surface area contributed by atoms with Crippen LogP contribution in [0, 0.1) is 12.1 Å². The zero-order valence-electron chi connectivity index (χ0n) is 13.5. The third kappa shape index (κ3) is 2.13. The SMILES string of the molecule is Cc1c2c(-c3noc(C4CCCS4)n3)ncn2c2ccccc2[n+]1[O-]. The first-order chi connectivity index (χ1) is 12.2. The maximum absolute atomic E-state index is 12.6. The Balaban J connectivity index is 1.72. The first kappa shape index (κ1) is 14.7. The molecule has 4 heterocycles. The van der Waals surface area contributed by atoms with Gasteiger partial charge in [0.25, 0.3) is 0 Å². The van der Waals surface area contributed by atoms with E-state index in [-0.39, 0.29) is 5.25 Å². The number of hydrogen-bond acceptors (Lipinski definition) is 6. The van der Waals surface area contributed by atoms with Crippen LogP contribution in [0.4, 0.5) is 0 Å². The van der Waals surface area contributed by atoms with E-state index in [1.807, 2.05) is 34.4 Å². The highest BCUT2D eigenvalue weighted by atomic mass is 32.2. The molecular formula is C17H15N5O2S. The third-order valence-corrected chi connectivity index (χ3v) is 6.00. The van der Waals surface area contributed by atoms with Crippen LogP contribution >= 0.6 is 11.8 Å². The predicted octanol–water partition coefficient (Wildman–Crippen LogP) is 3.05. The Bertz CT molecular complexity index is 1100. The number of hydrogen-bond donors (Lipinski definition) is 0. The van der Waals surface area contributed by atoms with E-state index in [2.05, 4.69) is 15.1 Å². The van der Waals surface area contributed by atoms with Crippen molar-refractivity contribution >= 4 is 28.3 Å². The van der Waals surface area contributed by atoms with Crippen molar-refractivity contribution < 1.29 is 9.25 Å². The Morgan fingerprint density at radius 1 is 1.36 bits per heavy atom. The van der Waals surface area contributed by atoms with Crippen LogP contribution in [0.1, 0.15) is 29.7 Å². The Hall–Kier alpha value is -2.61. The van der Waals surface area contributed by atoms with E-state index < -0.39 is 0 Å².